The lowest BCUT2D eigenvalue weighted by Gasteiger charge is -2.16. The number of hydrogen-bond donors (Lipinski definition) is 5. The van der Waals surface area contributed by atoms with Gasteiger partial charge in [0.25, 0.3) is 30.4 Å². The average Bonchev–Trinajstić information content (AvgIpc) is 3.86. The molecule has 3 heterocycles. The molecule has 0 saturated heterocycles. The van der Waals surface area contributed by atoms with Gasteiger partial charge in [0.2, 0.25) is 5.13 Å². The molecule has 0 aliphatic rings. The average molecular weight is 923 g/mol. The summed E-state index contributed by atoms with van der Waals surface area (Å²) in [4.78, 5) is 8.06. The van der Waals surface area contributed by atoms with Crippen LogP contribution in [0.1, 0.15) is 16.7 Å². The van der Waals surface area contributed by atoms with E-state index in [1.54, 1.807) is 37.3 Å². The Kier molecular flexibility index (Phi) is 12.0. The zero-order valence-electron chi connectivity index (χ0n) is 31.8. The Hall–Kier alpha value is -7.62. The zero-order chi connectivity index (χ0) is 45.1. The number of aromatic nitrogens is 4. The largest absolute Gasteiger partial charge is 0.339 e. The number of hydrogen-bond acceptors (Lipinski definition) is 18. The zero-order valence-corrected chi connectivity index (χ0v) is 35.1. The van der Waals surface area contributed by atoms with Crippen LogP contribution in [-0.2, 0) is 30.4 Å². The van der Waals surface area contributed by atoms with E-state index in [-0.39, 0.29) is 76.8 Å². The smallest absolute Gasteiger partial charge is 0.294 e. The first-order chi connectivity index (χ1) is 29.9. The summed E-state index contributed by atoms with van der Waals surface area (Å²) in [5.74, 6) is -0.0775. The minimum absolute atomic E-state index is 0.000661. The van der Waals surface area contributed by atoms with Crippen molar-refractivity contribution in [3.63, 3.8) is 0 Å². The molecule has 25 heteroatoms. The van der Waals surface area contributed by atoms with Gasteiger partial charge in [-0.15, -0.1) is 20.5 Å². The van der Waals surface area contributed by atoms with Gasteiger partial charge in [-0.1, -0.05) is 47.7 Å². The predicted octanol–water partition coefficient (Wildman–Crippen LogP) is 8.50. The van der Waals surface area contributed by atoms with Crippen LogP contribution in [-0.4, -0.2) is 58.7 Å². The highest BCUT2D eigenvalue weighted by Crippen LogP contribution is 2.43. The molecule has 0 atom stereocenters. The van der Waals surface area contributed by atoms with Crippen LogP contribution in [0.2, 0.25) is 0 Å². The van der Waals surface area contributed by atoms with Crippen molar-refractivity contribution in [3.05, 3.63) is 126 Å². The van der Waals surface area contributed by atoms with Gasteiger partial charge in [0.1, 0.15) is 29.1 Å². The number of benzene rings is 4. The van der Waals surface area contributed by atoms with Gasteiger partial charge in [-0.3, -0.25) is 13.7 Å². The van der Waals surface area contributed by atoms with E-state index < -0.39 is 35.2 Å². The number of anilines is 4. The van der Waals surface area contributed by atoms with Gasteiger partial charge in [0, 0.05) is 22.5 Å². The van der Waals surface area contributed by atoms with E-state index in [1.807, 2.05) is 6.07 Å². The van der Waals surface area contributed by atoms with E-state index in [9.17, 15) is 49.4 Å². The monoisotopic (exact) mass is 922 g/mol. The van der Waals surface area contributed by atoms with Crippen molar-refractivity contribution in [2.24, 2.45) is 20.5 Å². The van der Waals surface area contributed by atoms with Crippen LogP contribution in [0, 0.1) is 29.6 Å². The summed E-state index contributed by atoms with van der Waals surface area (Å²) < 4.78 is 99.9. The van der Waals surface area contributed by atoms with Crippen molar-refractivity contribution in [3.8, 4) is 29.1 Å². The fourth-order valence-corrected chi connectivity index (χ4v) is 7.90. The van der Waals surface area contributed by atoms with Crippen LogP contribution >= 0.6 is 11.3 Å². The second kappa shape index (κ2) is 17.4. The number of nitrogens with one attached hydrogen (secondary N) is 2. The molecule has 0 spiro atoms. The van der Waals surface area contributed by atoms with Crippen LogP contribution in [0.4, 0.5) is 44.6 Å². The first kappa shape index (κ1) is 43.5. The van der Waals surface area contributed by atoms with Gasteiger partial charge in [-0.25, -0.2) is 14.6 Å². The van der Waals surface area contributed by atoms with Crippen molar-refractivity contribution in [2.45, 2.75) is 21.6 Å². The second-order valence-electron chi connectivity index (χ2n) is 12.8. The minimum atomic E-state index is -4.58. The van der Waals surface area contributed by atoms with Crippen molar-refractivity contribution in [1.82, 2.24) is 19.7 Å². The third kappa shape index (κ3) is 9.80. The maximum Gasteiger partial charge on any atom is 0.294 e. The molecule has 7 rings (SSSR count). The quantitative estimate of drug-likeness (QED) is 0.0534. The van der Waals surface area contributed by atoms with Crippen LogP contribution in [0.3, 0.4) is 0 Å². The first-order valence-corrected chi connectivity index (χ1v) is 22.7. The molecule has 0 radical (unpaired) electrons. The number of azo groups is 2. The molecule has 4 aromatic carbocycles. The molecule has 0 fully saturated rings. The van der Waals surface area contributed by atoms with E-state index >= 15 is 0 Å². The van der Waals surface area contributed by atoms with Gasteiger partial charge in [-0.05, 0) is 73.7 Å². The molecular formula is C38H26N12O9S4. The Bertz CT molecular complexity index is 3400. The van der Waals surface area contributed by atoms with Crippen LogP contribution in [0.5, 0.6) is 0 Å². The SMILES string of the molecule is Cc1c(C#N)c(Nc2ccc(S(=O)(=O)O)cc2)nc(Nc2ccc(S(=O)(=O)O)cc2)c1N=Nc1nc(-c2ccccc2)c(N=Nc2c(C#N)cnn2-c2cccc(S(=O)(=O)O)c2)s1. The van der Waals surface area contributed by atoms with Gasteiger partial charge in [-0.2, -0.15) is 40.9 Å². The van der Waals surface area contributed by atoms with Crippen molar-refractivity contribution in [2.75, 3.05) is 10.6 Å². The summed E-state index contributed by atoms with van der Waals surface area (Å²) in [6, 6.07) is 28.0. The molecule has 0 aliphatic carbocycles. The van der Waals surface area contributed by atoms with Crippen LogP contribution in [0.15, 0.2) is 144 Å². The van der Waals surface area contributed by atoms with E-state index in [2.05, 4.69) is 52.2 Å². The van der Waals surface area contributed by atoms with E-state index in [0.29, 0.717) is 11.3 Å². The molecule has 0 unspecified atom stereocenters. The maximum absolute atomic E-state index is 11.8. The summed E-state index contributed by atoms with van der Waals surface area (Å²) in [5, 5.41) is 48.0. The van der Waals surface area contributed by atoms with Gasteiger partial charge in [0.15, 0.2) is 22.5 Å². The van der Waals surface area contributed by atoms with Gasteiger partial charge >= 0.3 is 0 Å². The molecule has 316 valence electrons. The standard InChI is InChI=1S/C38H26N12O9S4/c1-22-31(20-40)34(42-25-10-14-28(15-11-25)61(51,52)53)45-35(43-26-12-16-29(17-13-26)62(54,55)56)32(22)46-49-38-44-33(23-6-3-2-4-7-23)37(60-38)48-47-36-24(19-39)21-41-50(36)27-8-5-9-30(18-27)63(57,58)59/h2-18,21H,1H3,(H2,42,43,45)(H,51,52,53)(H,54,55,56)(H,57,58,59). The van der Waals surface area contributed by atoms with Gasteiger partial charge < -0.3 is 10.6 Å². The van der Waals surface area contributed by atoms with Crippen molar-refractivity contribution >= 4 is 86.3 Å². The molecule has 3 aromatic heterocycles. The summed E-state index contributed by atoms with van der Waals surface area (Å²) in [5.41, 5.74) is 1.89. The Morgan fingerprint density at radius 2 is 1.27 bits per heavy atom. The first-order valence-electron chi connectivity index (χ1n) is 17.5. The predicted molar refractivity (Wildman–Crippen MR) is 227 cm³/mol. The second-order valence-corrected chi connectivity index (χ2v) is 18.0. The maximum atomic E-state index is 11.8. The molecule has 7 aromatic rings. The molecule has 63 heavy (non-hydrogen) atoms. The third-order valence-electron chi connectivity index (χ3n) is 8.70. The van der Waals surface area contributed by atoms with E-state index in [4.69, 9.17) is 0 Å². The Labute approximate surface area is 361 Å². The highest BCUT2D eigenvalue weighted by atomic mass is 32.2. The molecule has 21 nitrogen and oxygen atoms in total. The molecule has 0 bridgehead atoms. The fourth-order valence-electron chi connectivity index (χ4n) is 5.69. The molecule has 0 aliphatic heterocycles. The molecule has 0 amide bonds. The lowest BCUT2D eigenvalue weighted by molar-refractivity contribution is 0.481. The Morgan fingerprint density at radius 3 is 1.84 bits per heavy atom. The number of nitrogens with zero attached hydrogens (tertiary/aromatic N) is 10. The normalized spacial score (nSPS) is 12.0. The van der Waals surface area contributed by atoms with E-state index in [0.717, 1.165) is 41.7 Å². The summed E-state index contributed by atoms with van der Waals surface area (Å²) in [7, 11) is -13.6. The molecular weight excluding hydrogens is 897 g/mol. The van der Waals surface area contributed by atoms with E-state index in [1.165, 1.54) is 53.3 Å². The van der Waals surface area contributed by atoms with Crippen LogP contribution < -0.4 is 10.6 Å². The van der Waals surface area contributed by atoms with Crippen molar-refractivity contribution in [1.29, 1.82) is 10.5 Å². The number of thiazole rings is 1. The van der Waals surface area contributed by atoms with Crippen molar-refractivity contribution < 1.29 is 38.9 Å². The fraction of sp³-hybridized carbons (Fsp3) is 0.0263. The third-order valence-corrected chi connectivity index (χ3v) is 12.1. The van der Waals surface area contributed by atoms with Gasteiger partial charge in [0.05, 0.1) is 32.1 Å². The summed E-state index contributed by atoms with van der Waals surface area (Å²) >= 11 is 0.937. The Balaban J connectivity index is 1.31. The topological polar surface area (TPSA) is 328 Å². The number of nitriles is 2. The Morgan fingerprint density at radius 1 is 0.667 bits per heavy atom. The highest BCUT2D eigenvalue weighted by Gasteiger charge is 2.21. The number of pyridine rings is 1. The lowest BCUT2D eigenvalue weighted by atomic mass is 10.1. The number of rotatable bonds is 13. The van der Waals surface area contributed by atoms with Crippen LogP contribution in [0.25, 0.3) is 16.9 Å². The summed E-state index contributed by atoms with van der Waals surface area (Å²) in [6.45, 7) is 1.56. The lowest BCUT2D eigenvalue weighted by Crippen LogP contribution is -2.05. The summed E-state index contributed by atoms with van der Waals surface area (Å²) in [6.07, 6.45) is 1.21. The molecule has 0 saturated carbocycles. The highest BCUT2D eigenvalue weighted by molar-refractivity contribution is 7.86. The minimum Gasteiger partial charge on any atom is -0.339 e. The molecule has 5 N–H and O–H groups in total.